The zero-order chi connectivity index (χ0) is 13.9. The molecule has 19 heavy (non-hydrogen) atoms. The quantitative estimate of drug-likeness (QED) is 0.579. The maximum absolute atomic E-state index is 10.6. The first-order valence-electron chi connectivity index (χ1n) is 7.25. The molecule has 5 nitrogen and oxygen atoms in total. The van der Waals surface area contributed by atoms with Gasteiger partial charge >= 0.3 is 0 Å². The van der Waals surface area contributed by atoms with Crippen molar-refractivity contribution in [2.24, 2.45) is 16.1 Å². The Morgan fingerprint density at radius 1 is 1.32 bits per heavy atom. The summed E-state index contributed by atoms with van der Waals surface area (Å²) in [5, 5.41) is 10.6. The Kier molecular flexibility index (Phi) is 4.36. The van der Waals surface area contributed by atoms with Crippen LogP contribution < -0.4 is 5.73 Å². The summed E-state index contributed by atoms with van der Waals surface area (Å²) in [6, 6.07) is 0. The van der Waals surface area contributed by atoms with Crippen molar-refractivity contribution in [3.63, 3.8) is 0 Å². The van der Waals surface area contributed by atoms with E-state index in [4.69, 9.17) is 10.5 Å². The lowest BCUT2D eigenvalue weighted by Gasteiger charge is -2.41. The Balaban J connectivity index is 1.92. The smallest absolute Gasteiger partial charge is 0.191 e. The van der Waals surface area contributed by atoms with Gasteiger partial charge in [-0.1, -0.05) is 13.8 Å². The average Bonchev–Trinajstić information content (AvgIpc) is 2.35. The number of rotatable bonds is 2. The molecule has 0 radical (unpaired) electrons. The summed E-state index contributed by atoms with van der Waals surface area (Å²) in [5.41, 5.74) is 5.52. The molecular weight excluding hydrogens is 242 g/mol. The van der Waals surface area contributed by atoms with E-state index in [1.54, 1.807) is 0 Å². The first kappa shape index (κ1) is 14.6. The molecule has 1 aliphatic carbocycles. The number of aliphatic imine (C=N–C) groups is 1. The van der Waals surface area contributed by atoms with Gasteiger partial charge in [-0.25, -0.2) is 0 Å². The van der Waals surface area contributed by atoms with Crippen LogP contribution in [0.25, 0.3) is 0 Å². The second-order valence-electron chi connectivity index (χ2n) is 6.69. The molecule has 1 saturated carbocycles. The van der Waals surface area contributed by atoms with Crippen molar-refractivity contribution in [3.8, 4) is 0 Å². The fourth-order valence-corrected chi connectivity index (χ4v) is 3.22. The van der Waals surface area contributed by atoms with Crippen LogP contribution in [0.5, 0.6) is 0 Å². The molecule has 0 spiro atoms. The molecule has 5 heteroatoms. The summed E-state index contributed by atoms with van der Waals surface area (Å²) in [6.07, 6.45) is 3.88. The van der Waals surface area contributed by atoms with Crippen molar-refractivity contribution in [2.75, 3.05) is 32.8 Å². The third-order valence-electron chi connectivity index (χ3n) is 4.17. The maximum atomic E-state index is 10.6. The molecule has 0 aromatic carbocycles. The molecule has 1 aliphatic heterocycles. The van der Waals surface area contributed by atoms with Crippen molar-refractivity contribution in [1.29, 1.82) is 0 Å². The number of guanidine groups is 1. The van der Waals surface area contributed by atoms with Gasteiger partial charge in [-0.15, -0.1) is 0 Å². The van der Waals surface area contributed by atoms with Crippen LogP contribution in [0.15, 0.2) is 4.99 Å². The Hall–Kier alpha value is -0.810. The summed E-state index contributed by atoms with van der Waals surface area (Å²) in [7, 11) is 0. The van der Waals surface area contributed by atoms with E-state index in [0.29, 0.717) is 25.7 Å². The second-order valence-corrected chi connectivity index (χ2v) is 6.69. The molecule has 2 rings (SSSR count). The van der Waals surface area contributed by atoms with E-state index in [2.05, 4.69) is 18.8 Å². The summed E-state index contributed by atoms with van der Waals surface area (Å²) in [4.78, 5) is 6.45. The van der Waals surface area contributed by atoms with Gasteiger partial charge in [0.1, 0.15) is 0 Å². The van der Waals surface area contributed by atoms with Gasteiger partial charge < -0.3 is 20.5 Å². The molecular formula is C14H27N3O2. The van der Waals surface area contributed by atoms with Crippen LogP contribution in [0, 0.1) is 5.41 Å². The van der Waals surface area contributed by atoms with E-state index >= 15 is 0 Å². The highest BCUT2D eigenvalue weighted by Gasteiger charge is 2.38. The largest absolute Gasteiger partial charge is 0.388 e. The van der Waals surface area contributed by atoms with Gasteiger partial charge in [-0.2, -0.15) is 0 Å². The minimum atomic E-state index is -0.682. The minimum Gasteiger partial charge on any atom is -0.388 e. The predicted molar refractivity (Wildman–Crippen MR) is 76.1 cm³/mol. The molecule has 0 bridgehead atoms. The monoisotopic (exact) mass is 269 g/mol. The van der Waals surface area contributed by atoms with Gasteiger partial charge in [0, 0.05) is 13.1 Å². The summed E-state index contributed by atoms with van der Waals surface area (Å²) in [6.45, 7) is 7.83. The number of nitrogens with zero attached hydrogens (tertiary/aromatic N) is 2. The van der Waals surface area contributed by atoms with Crippen molar-refractivity contribution in [2.45, 2.75) is 45.1 Å². The first-order valence-corrected chi connectivity index (χ1v) is 7.25. The highest BCUT2D eigenvalue weighted by molar-refractivity contribution is 5.78. The average molecular weight is 269 g/mol. The maximum Gasteiger partial charge on any atom is 0.191 e. The van der Waals surface area contributed by atoms with Crippen molar-refractivity contribution < 1.29 is 9.84 Å². The lowest BCUT2D eigenvalue weighted by atomic mass is 9.70. The molecule has 1 saturated heterocycles. The number of ether oxygens (including phenoxy) is 1. The summed E-state index contributed by atoms with van der Waals surface area (Å²) < 4.78 is 5.29. The Morgan fingerprint density at radius 2 is 2.00 bits per heavy atom. The number of hydrogen-bond acceptors (Lipinski definition) is 3. The Bertz CT molecular complexity index is 338. The number of aliphatic hydroxyl groups is 1. The van der Waals surface area contributed by atoms with Gasteiger partial charge in [0.2, 0.25) is 0 Å². The summed E-state index contributed by atoms with van der Waals surface area (Å²) in [5.74, 6) is 0.542. The Morgan fingerprint density at radius 3 is 2.63 bits per heavy atom. The Labute approximate surface area is 115 Å². The van der Waals surface area contributed by atoms with Crippen LogP contribution in [-0.4, -0.2) is 54.4 Å². The van der Waals surface area contributed by atoms with E-state index in [0.717, 1.165) is 32.4 Å². The van der Waals surface area contributed by atoms with Crippen LogP contribution in [0.3, 0.4) is 0 Å². The molecule has 1 atom stereocenters. The van der Waals surface area contributed by atoms with Gasteiger partial charge in [-0.3, -0.25) is 4.99 Å². The molecule has 0 amide bonds. The van der Waals surface area contributed by atoms with E-state index in [9.17, 15) is 5.11 Å². The first-order chi connectivity index (χ1) is 8.90. The van der Waals surface area contributed by atoms with E-state index in [-0.39, 0.29) is 5.41 Å². The van der Waals surface area contributed by atoms with Crippen LogP contribution in [0.1, 0.15) is 39.5 Å². The van der Waals surface area contributed by atoms with Crippen molar-refractivity contribution in [1.82, 2.24) is 4.90 Å². The standard InChI is InChI=1S/C14H27N3O2/c1-13(2)4-3-5-14(18,10-13)11-16-12(15)17-6-8-19-9-7-17/h18H,3-11H2,1-2H3,(H2,15,16). The highest BCUT2D eigenvalue weighted by Crippen LogP contribution is 2.41. The van der Waals surface area contributed by atoms with E-state index in [1.807, 2.05) is 4.90 Å². The van der Waals surface area contributed by atoms with Crippen LogP contribution >= 0.6 is 0 Å². The number of hydrogen-bond donors (Lipinski definition) is 2. The van der Waals surface area contributed by atoms with E-state index < -0.39 is 5.60 Å². The molecule has 0 aromatic heterocycles. The van der Waals surface area contributed by atoms with Gasteiger partial charge in [-0.05, 0) is 31.1 Å². The third kappa shape index (κ3) is 4.08. The lowest BCUT2D eigenvalue weighted by Crippen LogP contribution is -2.46. The van der Waals surface area contributed by atoms with E-state index in [1.165, 1.54) is 6.42 Å². The zero-order valence-corrected chi connectivity index (χ0v) is 12.2. The molecule has 0 aromatic rings. The molecule has 3 N–H and O–H groups in total. The second kappa shape index (κ2) is 5.67. The molecule has 110 valence electrons. The number of nitrogens with two attached hydrogens (primary N) is 1. The fourth-order valence-electron chi connectivity index (χ4n) is 3.22. The fraction of sp³-hybridized carbons (Fsp3) is 0.929. The van der Waals surface area contributed by atoms with Crippen LogP contribution in [0.2, 0.25) is 0 Å². The normalized spacial score (nSPS) is 32.4. The third-order valence-corrected chi connectivity index (χ3v) is 4.17. The van der Waals surface area contributed by atoms with Crippen molar-refractivity contribution in [3.05, 3.63) is 0 Å². The predicted octanol–water partition coefficient (Wildman–Crippen LogP) is 0.965. The molecule has 1 heterocycles. The molecule has 2 fully saturated rings. The molecule has 1 unspecified atom stereocenters. The van der Waals surface area contributed by atoms with Gasteiger partial charge in [0.15, 0.2) is 5.96 Å². The highest BCUT2D eigenvalue weighted by atomic mass is 16.5. The molecule has 2 aliphatic rings. The van der Waals surface area contributed by atoms with Crippen molar-refractivity contribution >= 4 is 5.96 Å². The van der Waals surface area contributed by atoms with Crippen LogP contribution in [-0.2, 0) is 4.74 Å². The zero-order valence-electron chi connectivity index (χ0n) is 12.2. The minimum absolute atomic E-state index is 0.205. The SMILES string of the molecule is CC1(C)CCCC(O)(CN=C(N)N2CCOCC2)C1. The van der Waals surface area contributed by atoms with Gasteiger partial charge in [0.25, 0.3) is 0 Å². The van der Waals surface area contributed by atoms with Crippen LogP contribution in [0.4, 0.5) is 0 Å². The number of morpholine rings is 1. The lowest BCUT2D eigenvalue weighted by molar-refractivity contribution is -0.0309. The topological polar surface area (TPSA) is 71.1 Å². The van der Waals surface area contributed by atoms with Gasteiger partial charge in [0.05, 0.1) is 25.4 Å². The summed E-state index contributed by atoms with van der Waals surface area (Å²) >= 11 is 0.